The van der Waals surface area contributed by atoms with E-state index in [0.717, 1.165) is 18.4 Å². The van der Waals surface area contributed by atoms with Gasteiger partial charge in [-0.25, -0.2) is 9.07 Å². The molecule has 1 fully saturated rings. The molecule has 1 aromatic heterocycles. The molecule has 3 rings (SSSR count). The number of hydrogen-bond donors (Lipinski definition) is 0. The first-order chi connectivity index (χ1) is 13.5. The lowest BCUT2D eigenvalue weighted by Crippen LogP contribution is -2.48. The van der Waals surface area contributed by atoms with Gasteiger partial charge >= 0.3 is 0 Å². The summed E-state index contributed by atoms with van der Waals surface area (Å²) in [5.41, 5.74) is 0.976. The van der Waals surface area contributed by atoms with Crippen molar-refractivity contribution in [2.75, 3.05) is 26.2 Å². The number of piperazine rings is 1. The van der Waals surface area contributed by atoms with Crippen molar-refractivity contribution in [3.63, 3.8) is 0 Å². The lowest BCUT2D eigenvalue weighted by atomic mass is 10.2. The van der Waals surface area contributed by atoms with Crippen LogP contribution in [0.1, 0.15) is 35.8 Å². The minimum absolute atomic E-state index is 0.162. The lowest BCUT2D eigenvalue weighted by Gasteiger charge is -2.34. The molecular weight excluding hydrogens is 383 g/mol. The van der Waals surface area contributed by atoms with Gasteiger partial charge in [-0.2, -0.15) is 5.10 Å². The molecule has 1 aliphatic rings. The van der Waals surface area contributed by atoms with Gasteiger partial charge in [0.25, 0.3) is 11.5 Å². The molecule has 0 saturated carbocycles. The highest BCUT2D eigenvalue weighted by Crippen LogP contribution is 2.20. The summed E-state index contributed by atoms with van der Waals surface area (Å²) in [7, 11) is 0. The molecule has 8 heteroatoms. The molecule has 28 heavy (non-hydrogen) atoms. The summed E-state index contributed by atoms with van der Waals surface area (Å²) in [5, 5.41) is 4.65. The zero-order chi connectivity index (χ0) is 20.1. The quantitative estimate of drug-likeness (QED) is 0.740. The first-order valence-electron chi connectivity index (χ1n) is 9.51. The predicted octanol–water partition coefficient (Wildman–Crippen LogP) is 2.79. The van der Waals surface area contributed by atoms with Gasteiger partial charge < -0.3 is 4.90 Å². The van der Waals surface area contributed by atoms with Gasteiger partial charge in [-0.05, 0) is 30.2 Å². The second-order valence-corrected chi connectivity index (χ2v) is 7.34. The Morgan fingerprint density at radius 2 is 1.93 bits per heavy atom. The van der Waals surface area contributed by atoms with E-state index in [2.05, 4.69) is 10.00 Å². The Bertz CT molecular complexity index is 894. The SMILES string of the molecule is CCCCn1nc(C(=O)N2CCN(Cc3ccc(F)cc3Cl)CC2)ccc1=O. The van der Waals surface area contributed by atoms with Gasteiger partial charge in [-0.1, -0.05) is 31.0 Å². The third-order valence-corrected chi connectivity index (χ3v) is 5.23. The molecule has 0 aliphatic carbocycles. The van der Waals surface area contributed by atoms with E-state index in [1.165, 1.54) is 28.9 Å². The average Bonchev–Trinajstić information content (AvgIpc) is 2.69. The van der Waals surface area contributed by atoms with Gasteiger partial charge in [-0.15, -0.1) is 0 Å². The summed E-state index contributed by atoms with van der Waals surface area (Å²) in [5.74, 6) is -0.512. The van der Waals surface area contributed by atoms with Crippen molar-refractivity contribution in [2.45, 2.75) is 32.9 Å². The number of unbranched alkanes of at least 4 members (excludes halogenated alkanes) is 1. The number of benzene rings is 1. The van der Waals surface area contributed by atoms with Crippen LogP contribution in [0.25, 0.3) is 0 Å². The Morgan fingerprint density at radius 1 is 1.18 bits per heavy atom. The van der Waals surface area contributed by atoms with E-state index < -0.39 is 0 Å². The Balaban J connectivity index is 1.60. The fourth-order valence-electron chi connectivity index (χ4n) is 3.19. The van der Waals surface area contributed by atoms with Crippen molar-refractivity contribution in [3.8, 4) is 0 Å². The van der Waals surface area contributed by atoms with Crippen LogP contribution < -0.4 is 5.56 Å². The monoisotopic (exact) mass is 406 g/mol. The molecule has 0 radical (unpaired) electrons. The molecule has 0 spiro atoms. The smallest absolute Gasteiger partial charge is 0.274 e. The highest BCUT2D eigenvalue weighted by Gasteiger charge is 2.24. The Hall–Kier alpha value is -2.25. The standard InChI is InChI=1S/C20H24ClFN4O2/c1-2-3-8-26-19(27)7-6-18(23-26)20(28)25-11-9-24(10-12-25)14-15-4-5-16(22)13-17(15)21/h4-7,13H,2-3,8-12,14H2,1H3. The third-order valence-electron chi connectivity index (χ3n) is 4.88. The molecule has 0 bridgehead atoms. The third kappa shape index (κ3) is 4.97. The van der Waals surface area contributed by atoms with Crippen LogP contribution in [0.2, 0.25) is 5.02 Å². The summed E-state index contributed by atoms with van der Waals surface area (Å²) in [4.78, 5) is 28.6. The van der Waals surface area contributed by atoms with Gasteiger partial charge in [0.05, 0.1) is 0 Å². The first-order valence-corrected chi connectivity index (χ1v) is 9.89. The lowest BCUT2D eigenvalue weighted by molar-refractivity contribution is 0.0620. The van der Waals surface area contributed by atoms with Gasteiger partial charge in [0.15, 0.2) is 0 Å². The Labute approximate surface area is 168 Å². The number of carbonyl (C=O) groups excluding carboxylic acids is 1. The summed E-state index contributed by atoms with van der Waals surface area (Å²) in [6.45, 7) is 5.67. The Kier molecular flexibility index (Phi) is 6.80. The van der Waals surface area contributed by atoms with Crippen LogP contribution >= 0.6 is 11.6 Å². The van der Waals surface area contributed by atoms with E-state index in [9.17, 15) is 14.0 Å². The largest absolute Gasteiger partial charge is 0.335 e. The van der Waals surface area contributed by atoms with Crippen molar-refractivity contribution in [1.29, 1.82) is 0 Å². The van der Waals surface area contributed by atoms with E-state index in [1.54, 1.807) is 11.0 Å². The molecule has 2 aromatic rings. The molecule has 1 aliphatic heterocycles. The number of rotatable bonds is 6. The number of halogens is 2. The van der Waals surface area contributed by atoms with E-state index in [1.807, 2.05) is 6.92 Å². The number of hydrogen-bond acceptors (Lipinski definition) is 4. The number of aryl methyl sites for hydroxylation is 1. The van der Waals surface area contributed by atoms with Crippen molar-refractivity contribution in [2.24, 2.45) is 0 Å². The maximum Gasteiger partial charge on any atom is 0.274 e. The Morgan fingerprint density at radius 3 is 2.61 bits per heavy atom. The first kappa shape index (κ1) is 20.5. The van der Waals surface area contributed by atoms with Crippen LogP contribution in [-0.2, 0) is 13.1 Å². The van der Waals surface area contributed by atoms with E-state index >= 15 is 0 Å². The van der Waals surface area contributed by atoms with Crippen LogP contribution in [0, 0.1) is 5.82 Å². The molecule has 1 aromatic carbocycles. The number of amides is 1. The van der Waals surface area contributed by atoms with Crippen LogP contribution in [0.5, 0.6) is 0 Å². The minimum atomic E-state index is -0.350. The van der Waals surface area contributed by atoms with Gasteiger partial charge in [0, 0.05) is 50.4 Å². The maximum atomic E-state index is 13.2. The van der Waals surface area contributed by atoms with Crippen LogP contribution in [0.3, 0.4) is 0 Å². The highest BCUT2D eigenvalue weighted by molar-refractivity contribution is 6.31. The molecule has 0 atom stereocenters. The van der Waals surface area contributed by atoms with Crippen molar-refractivity contribution < 1.29 is 9.18 Å². The van der Waals surface area contributed by atoms with Crippen LogP contribution in [0.15, 0.2) is 35.1 Å². The molecule has 6 nitrogen and oxygen atoms in total. The topological polar surface area (TPSA) is 58.4 Å². The molecule has 0 N–H and O–H groups in total. The number of carbonyl (C=O) groups is 1. The number of aromatic nitrogens is 2. The van der Waals surface area contributed by atoms with Crippen LogP contribution in [0.4, 0.5) is 4.39 Å². The van der Waals surface area contributed by atoms with E-state index in [-0.39, 0.29) is 17.3 Å². The fourth-order valence-corrected chi connectivity index (χ4v) is 3.42. The van der Waals surface area contributed by atoms with Gasteiger partial charge in [0.2, 0.25) is 0 Å². The summed E-state index contributed by atoms with van der Waals surface area (Å²) < 4.78 is 14.5. The predicted molar refractivity (Wildman–Crippen MR) is 106 cm³/mol. The fraction of sp³-hybridized carbons (Fsp3) is 0.450. The molecule has 1 saturated heterocycles. The van der Waals surface area contributed by atoms with Gasteiger partial charge in [-0.3, -0.25) is 14.5 Å². The van der Waals surface area contributed by atoms with Crippen molar-refractivity contribution >= 4 is 17.5 Å². The summed E-state index contributed by atoms with van der Waals surface area (Å²) >= 11 is 6.10. The van der Waals surface area contributed by atoms with Gasteiger partial charge in [0.1, 0.15) is 11.5 Å². The minimum Gasteiger partial charge on any atom is -0.335 e. The normalized spacial score (nSPS) is 15.0. The second-order valence-electron chi connectivity index (χ2n) is 6.94. The van der Waals surface area contributed by atoms with E-state index in [4.69, 9.17) is 11.6 Å². The molecular formula is C20H24ClFN4O2. The summed E-state index contributed by atoms with van der Waals surface area (Å²) in [6, 6.07) is 7.31. The molecule has 150 valence electrons. The molecule has 2 heterocycles. The molecule has 1 amide bonds. The van der Waals surface area contributed by atoms with Crippen LogP contribution in [-0.4, -0.2) is 51.7 Å². The summed E-state index contributed by atoms with van der Waals surface area (Å²) in [6.07, 6.45) is 1.79. The second kappa shape index (κ2) is 9.30. The van der Waals surface area contributed by atoms with Crippen molar-refractivity contribution in [3.05, 3.63) is 62.8 Å². The number of nitrogens with zero attached hydrogens (tertiary/aromatic N) is 4. The van der Waals surface area contributed by atoms with Crippen molar-refractivity contribution in [1.82, 2.24) is 19.6 Å². The average molecular weight is 407 g/mol. The zero-order valence-corrected chi connectivity index (χ0v) is 16.7. The zero-order valence-electron chi connectivity index (χ0n) is 15.9. The molecule has 0 unspecified atom stereocenters. The highest BCUT2D eigenvalue weighted by atomic mass is 35.5. The maximum absolute atomic E-state index is 13.2. The van der Waals surface area contributed by atoms with E-state index in [0.29, 0.717) is 50.0 Å².